The molecule has 2 aromatic carbocycles. The summed E-state index contributed by atoms with van der Waals surface area (Å²) in [5.41, 5.74) is 4.52. The van der Waals surface area contributed by atoms with Gasteiger partial charge in [-0.3, -0.25) is 9.98 Å². The lowest BCUT2D eigenvalue weighted by atomic mass is 9.91. The van der Waals surface area contributed by atoms with E-state index in [4.69, 9.17) is 9.98 Å². The molecule has 2 aromatic rings. The van der Waals surface area contributed by atoms with Gasteiger partial charge >= 0.3 is 0 Å². The van der Waals surface area contributed by atoms with Crippen LogP contribution >= 0.6 is 0 Å². The van der Waals surface area contributed by atoms with E-state index in [-0.39, 0.29) is 5.54 Å². The molecule has 1 aliphatic carbocycles. The number of benzene rings is 2. The molecule has 0 radical (unpaired) electrons. The summed E-state index contributed by atoms with van der Waals surface area (Å²) in [6.07, 6.45) is 4.91. The largest absolute Gasteiger partial charge is 0.280 e. The molecule has 1 aliphatic heterocycles. The van der Waals surface area contributed by atoms with E-state index in [1.165, 1.54) is 31.2 Å². The maximum Gasteiger partial charge on any atom is 0.0912 e. The van der Waals surface area contributed by atoms with Crippen LogP contribution in [0.15, 0.2) is 70.6 Å². The minimum absolute atomic E-state index is 0.0590. The summed E-state index contributed by atoms with van der Waals surface area (Å²) >= 11 is 0. The molecule has 110 valence electrons. The molecule has 0 N–H and O–H groups in total. The van der Waals surface area contributed by atoms with Crippen molar-refractivity contribution in [3.63, 3.8) is 0 Å². The lowest BCUT2D eigenvalue weighted by Crippen LogP contribution is -2.36. The Hall–Kier alpha value is -2.22. The van der Waals surface area contributed by atoms with Crippen LogP contribution in [-0.2, 0) is 0 Å². The van der Waals surface area contributed by atoms with Crippen molar-refractivity contribution in [2.24, 2.45) is 9.98 Å². The molecule has 0 bridgehead atoms. The highest BCUT2D eigenvalue weighted by Crippen LogP contribution is 2.36. The third-order valence-corrected chi connectivity index (χ3v) is 4.73. The number of rotatable bonds is 2. The summed E-state index contributed by atoms with van der Waals surface area (Å²) in [4.78, 5) is 10.2. The third-order valence-electron chi connectivity index (χ3n) is 4.73. The van der Waals surface area contributed by atoms with Gasteiger partial charge in [-0.2, -0.15) is 0 Å². The van der Waals surface area contributed by atoms with Gasteiger partial charge in [0.1, 0.15) is 0 Å². The summed E-state index contributed by atoms with van der Waals surface area (Å²) in [6.45, 7) is 0.841. The van der Waals surface area contributed by atoms with E-state index in [1.54, 1.807) is 0 Å². The minimum Gasteiger partial charge on any atom is -0.280 e. The average Bonchev–Trinajstić information content (AvgIpc) is 3.04. The number of hydrogen-bond acceptors (Lipinski definition) is 2. The van der Waals surface area contributed by atoms with E-state index in [1.807, 2.05) is 6.07 Å². The fourth-order valence-electron chi connectivity index (χ4n) is 3.55. The lowest BCUT2D eigenvalue weighted by molar-refractivity contribution is 0.453. The van der Waals surface area contributed by atoms with Gasteiger partial charge in [0.2, 0.25) is 0 Å². The number of hydrogen-bond donors (Lipinski definition) is 0. The van der Waals surface area contributed by atoms with E-state index in [0.29, 0.717) is 0 Å². The molecule has 0 unspecified atom stereocenters. The normalized spacial score (nSPS) is 19.8. The smallest absolute Gasteiger partial charge is 0.0912 e. The van der Waals surface area contributed by atoms with Crippen LogP contribution in [-0.4, -0.2) is 23.5 Å². The van der Waals surface area contributed by atoms with Crippen LogP contribution in [0.5, 0.6) is 0 Å². The van der Waals surface area contributed by atoms with Crippen LogP contribution < -0.4 is 0 Å². The van der Waals surface area contributed by atoms with E-state index >= 15 is 0 Å². The predicted octanol–water partition coefficient (Wildman–Crippen LogP) is 4.29. The van der Waals surface area contributed by atoms with Crippen LogP contribution in [0.2, 0.25) is 0 Å². The van der Waals surface area contributed by atoms with Gasteiger partial charge in [-0.1, -0.05) is 73.5 Å². The van der Waals surface area contributed by atoms with Crippen molar-refractivity contribution in [3.8, 4) is 0 Å². The summed E-state index contributed by atoms with van der Waals surface area (Å²) in [5.74, 6) is 0. The molecule has 4 rings (SSSR count). The minimum atomic E-state index is 0.0590. The first kappa shape index (κ1) is 13.4. The van der Waals surface area contributed by atoms with Gasteiger partial charge in [-0.15, -0.1) is 0 Å². The first-order valence-electron chi connectivity index (χ1n) is 8.12. The molecule has 0 saturated heterocycles. The van der Waals surface area contributed by atoms with Crippen molar-refractivity contribution in [2.45, 2.75) is 31.2 Å². The molecule has 1 saturated carbocycles. The van der Waals surface area contributed by atoms with Crippen molar-refractivity contribution in [1.29, 1.82) is 0 Å². The number of aliphatic imine (C=N–C) groups is 2. The van der Waals surface area contributed by atoms with Gasteiger partial charge in [-0.25, -0.2) is 0 Å². The van der Waals surface area contributed by atoms with Crippen molar-refractivity contribution >= 4 is 11.4 Å². The Morgan fingerprint density at radius 3 is 1.82 bits per heavy atom. The Balaban J connectivity index is 1.82. The summed E-state index contributed by atoms with van der Waals surface area (Å²) in [6, 6.07) is 20.9. The summed E-state index contributed by atoms with van der Waals surface area (Å²) in [7, 11) is 0. The van der Waals surface area contributed by atoms with Gasteiger partial charge in [0.15, 0.2) is 0 Å². The molecule has 22 heavy (non-hydrogen) atoms. The fourth-order valence-corrected chi connectivity index (χ4v) is 3.55. The number of nitrogens with zero attached hydrogens (tertiary/aromatic N) is 2. The maximum atomic E-state index is 5.23. The van der Waals surface area contributed by atoms with Crippen LogP contribution in [0.25, 0.3) is 0 Å². The fraction of sp³-hybridized carbons (Fsp3) is 0.300. The zero-order valence-corrected chi connectivity index (χ0v) is 12.7. The lowest BCUT2D eigenvalue weighted by Gasteiger charge is -2.29. The van der Waals surface area contributed by atoms with Gasteiger partial charge in [-0.05, 0) is 12.8 Å². The van der Waals surface area contributed by atoms with Crippen LogP contribution in [0, 0.1) is 0 Å². The van der Waals surface area contributed by atoms with Gasteiger partial charge in [0.05, 0.1) is 23.5 Å². The summed E-state index contributed by atoms with van der Waals surface area (Å²) in [5, 5.41) is 0. The third kappa shape index (κ3) is 2.39. The SMILES string of the molecule is c1ccc(C2=NCC3(CCCC3)N=C2c2ccccc2)cc1. The Kier molecular flexibility index (Phi) is 3.38. The van der Waals surface area contributed by atoms with Gasteiger partial charge in [0, 0.05) is 11.1 Å². The molecule has 0 amide bonds. The molecule has 0 aromatic heterocycles. The Labute approximate surface area is 131 Å². The molecule has 0 atom stereocenters. The average molecular weight is 288 g/mol. The standard InChI is InChI=1S/C20H20N2/c1-3-9-16(10-4-1)18-19(17-11-5-2-6-12-17)22-20(15-21-18)13-7-8-14-20/h1-6,9-12H,7-8,13-15H2. The second-order valence-electron chi connectivity index (χ2n) is 6.29. The van der Waals surface area contributed by atoms with Crippen molar-refractivity contribution < 1.29 is 0 Å². The van der Waals surface area contributed by atoms with Gasteiger partial charge < -0.3 is 0 Å². The van der Waals surface area contributed by atoms with E-state index in [2.05, 4.69) is 54.6 Å². The monoisotopic (exact) mass is 288 g/mol. The Morgan fingerprint density at radius 1 is 0.682 bits per heavy atom. The molecular weight excluding hydrogens is 268 g/mol. The maximum absolute atomic E-state index is 5.23. The van der Waals surface area contributed by atoms with E-state index in [0.717, 1.165) is 23.5 Å². The first-order chi connectivity index (χ1) is 10.9. The molecular formula is C20H20N2. The molecule has 2 nitrogen and oxygen atoms in total. The zero-order chi connectivity index (χ0) is 14.8. The van der Waals surface area contributed by atoms with Crippen molar-refractivity contribution in [3.05, 3.63) is 71.8 Å². The second kappa shape index (κ2) is 5.53. The molecule has 2 heteroatoms. The Bertz CT molecular complexity index is 708. The quantitative estimate of drug-likeness (QED) is 0.787. The second-order valence-corrected chi connectivity index (χ2v) is 6.29. The highest BCUT2D eigenvalue weighted by Gasteiger charge is 2.37. The topological polar surface area (TPSA) is 24.7 Å². The molecule has 1 fully saturated rings. The zero-order valence-electron chi connectivity index (χ0n) is 12.7. The van der Waals surface area contributed by atoms with Crippen LogP contribution in [0.3, 0.4) is 0 Å². The van der Waals surface area contributed by atoms with Crippen molar-refractivity contribution in [2.75, 3.05) is 6.54 Å². The molecule has 2 aliphatic rings. The highest BCUT2D eigenvalue weighted by molar-refractivity contribution is 6.53. The van der Waals surface area contributed by atoms with E-state index < -0.39 is 0 Å². The summed E-state index contributed by atoms with van der Waals surface area (Å²) < 4.78 is 0. The van der Waals surface area contributed by atoms with Crippen molar-refractivity contribution in [1.82, 2.24) is 0 Å². The highest BCUT2D eigenvalue weighted by atomic mass is 15.0. The molecule has 1 heterocycles. The van der Waals surface area contributed by atoms with E-state index in [9.17, 15) is 0 Å². The predicted molar refractivity (Wildman–Crippen MR) is 92.0 cm³/mol. The molecule has 1 spiro atoms. The van der Waals surface area contributed by atoms with Crippen LogP contribution in [0.4, 0.5) is 0 Å². The Morgan fingerprint density at radius 2 is 1.23 bits per heavy atom. The van der Waals surface area contributed by atoms with Gasteiger partial charge in [0.25, 0.3) is 0 Å². The first-order valence-corrected chi connectivity index (χ1v) is 8.12. The van der Waals surface area contributed by atoms with Crippen LogP contribution in [0.1, 0.15) is 36.8 Å².